The number of pyridine rings is 1. The lowest BCUT2D eigenvalue weighted by Gasteiger charge is -2.29. The van der Waals surface area contributed by atoms with Gasteiger partial charge < -0.3 is 15.0 Å². The maximum Gasteiger partial charge on any atom is 0.257 e. The third kappa shape index (κ3) is 4.92. The van der Waals surface area contributed by atoms with Gasteiger partial charge in [0.2, 0.25) is 0 Å². The van der Waals surface area contributed by atoms with Crippen molar-refractivity contribution in [3.05, 3.63) is 52.7 Å². The van der Waals surface area contributed by atoms with E-state index in [4.69, 9.17) is 28.6 Å². The summed E-state index contributed by atoms with van der Waals surface area (Å²) in [4.78, 5) is 18.6. The minimum absolute atomic E-state index is 0.102. The first kappa shape index (κ1) is 19.0. The molecule has 27 heavy (non-hydrogen) atoms. The van der Waals surface area contributed by atoms with E-state index in [-0.39, 0.29) is 5.11 Å². The van der Waals surface area contributed by atoms with Gasteiger partial charge in [0.25, 0.3) is 5.91 Å². The molecule has 1 fully saturated rings. The molecule has 0 aliphatic carbocycles. The van der Waals surface area contributed by atoms with Crippen LogP contribution in [0.4, 0.5) is 11.5 Å². The van der Waals surface area contributed by atoms with Gasteiger partial charge in [-0.2, -0.15) is 5.26 Å². The normalized spacial score (nSPS) is 13.6. The topological polar surface area (TPSA) is 90.3 Å². The van der Waals surface area contributed by atoms with Gasteiger partial charge in [-0.05, 0) is 42.5 Å². The third-order valence-electron chi connectivity index (χ3n) is 3.93. The number of ether oxygens (including phenoxy) is 1. The molecule has 0 bridgehead atoms. The fourth-order valence-corrected chi connectivity index (χ4v) is 2.93. The van der Waals surface area contributed by atoms with E-state index in [9.17, 15) is 10.1 Å². The number of rotatable bonds is 3. The number of amides is 1. The van der Waals surface area contributed by atoms with Crippen LogP contribution in [0.15, 0.2) is 36.5 Å². The summed E-state index contributed by atoms with van der Waals surface area (Å²) < 4.78 is 5.33. The summed E-state index contributed by atoms with van der Waals surface area (Å²) in [6, 6.07) is 10.5. The molecule has 9 heteroatoms. The summed E-state index contributed by atoms with van der Waals surface area (Å²) in [6.07, 6.45) is 1.47. The Labute approximate surface area is 166 Å². The second-order valence-corrected chi connectivity index (χ2v) is 6.56. The largest absolute Gasteiger partial charge is 0.378 e. The molecular weight excluding hydrogens is 386 g/mol. The molecule has 1 aliphatic heterocycles. The number of aromatic nitrogens is 1. The number of halogens is 1. The fourth-order valence-electron chi connectivity index (χ4n) is 2.62. The lowest BCUT2D eigenvalue weighted by Crippen LogP contribution is -2.37. The van der Waals surface area contributed by atoms with Crippen LogP contribution in [0.25, 0.3) is 0 Å². The molecule has 1 aromatic carbocycles. The van der Waals surface area contributed by atoms with Crippen LogP contribution in [0.1, 0.15) is 15.9 Å². The van der Waals surface area contributed by atoms with Crippen LogP contribution in [0.2, 0.25) is 5.02 Å². The number of carbonyl (C=O) groups is 1. The van der Waals surface area contributed by atoms with Gasteiger partial charge in [0.05, 0.1) is 29.5 Å². The predicted molar refractivity (Wildman–Crippen MR) is 107 cm³/mol. The molecule has 3 rings (SSSR count). The molecule has 1 saturated heterocycles. The van der Waals surface area contributed by atoms with Crippen LogP contribution in [-0.4, -0.2) is 42.3 Å². The van der Waals surface area contributed by atoms with Crippen LogP contribution < -0.4 is 15.5 Å². The van der Waals surface area contributed by atoms with Crippen molar-refractivity contribution in [2.75, 3.05) is 36.5 Å². The number of hydrogen-bond acceptors (Lipinski definition) is 6. The van der Waals surface area contributed by atoms with Crippen molar-refractivity contribution >= 4 is 46.3 Å². The van der Waals surface area contributed by atoms with Gasteiger partial charge in [-0.15, -0.1) is 0 Å². The van der Waals surface area contributed by atoms with E-state index >= 15 is 0 Å². The second-order valence-electron chi connectivity index (χ2n) is 5.71. The number of hydrogen-bond donors (Lipinski definition) is 2. The van der Waals surface area contributed by atoms with Crippen molar-refractivity contribution < 1.29 is 9.53 Å². The summed E-state index contributed by atoms with van der Waals surface area (Å²) in [7, 11) is 0. The van der Waals surface area contributed by atoms with E-state index in [1.165, 1.54) is 6.20 Å². The number of anilines is 2. The Balaban J connectivity index is 1.68. The van der Waals surface area contributed by atoms with E-state index in [1.54, 1.807) is 30.3 Å². The number of benzene rings is 1. The second kappa shape index (κ2) is 8.77. The summed E-state index contributed by atoms with van der Waals surface area (Å²) in [6.45, 7) is 2.65. The zero-order valence-electron chi connectivity index (χ0n) is 14.2. The van der Waals surface area contributed by atoms with Crippen molar-refractivity contribution in [2.24, 2.45) is 0 Å². The average Bonchev–Trinajstić information content (AvgIpc) is 2.69. The molecule has 1 amide bonds. The standard InChI is InChI=1S/C18H16ClN5O2S/c19-14-2-4-16(21-11-14)22-18(27)23-17(25)12-1-3-15(13(9-12)10-20)24-5-7-26-8-6-24/h1-4,9,11H,5-8H2,(H2,21,22,23,25,27). The van der Waals surface area contributed by atoms with Gasteiger partial charge in [0.15, 0.2) is 5.11 Å². The van der Waals surface area contributed by atoms with Crippen molar-refractivity contribution in [3.8, 4) is 6.07 Å². The molecule has 2 heterocycles. The van der Waals surface area contributed by atoms with Gasteiger partial charge in [-0.1, -0.05) is 11.6 Å². The van der Waals surface area contributed by atoms with Crippen LogP contribution in [-0.2, 0) is 4.74 Å². The van der Waals surface area contributed by atoms with Crippen molar-refractivity contribution in [1.82, 2.24) is 10.3 Å². The van der Waals surface area contributed by atoms with E-state index < -0.39 is 5.91 Å². The molecule has 7 nitrogen and oxygen atoms in total. The molecule has 138 valence electrons. The van der Waals surface area contributed by atoms with Gasteiger partial charge in [0.1, 0.15) is 11.9 Å². The molecule has 0 saturated carbocycles. The Bertz CT molecular complexity index is 892. The summed E-state index contributed by atoms with van der Waals surface area (Å²) in [5, 5.41) is 15.4. The monoisotopic (exact) mass is 401 g/mol. The van der Waals surface area contributed by atoms with Gasteiger partial charge >= 0.3 is 0 Å². The highest BCUT2D eigenvalue weighted by Gasteiger charge is 2.17. The maximum absolute atomic E-state index is 12.4. The third-order valence-corrected chi connectivity index (χ3v) is 4.35. The Morgan fingerprint density at radius 1 is 1.30 bits per heavy atom. The highest BCUT2D eigenvalue weighted by molar-refractivity contribution is 7.80. The van der Waals surface area contributed by atoms with Crippen LogP contribution in [0, 0.1) is 11.3 Å². The highest BCUT2D eigenvalue weighted by atomic mass is 35.5. The highest BCUT2D eigenvalue weighted by Crippen LogP contribution is 2.22. The SMILES string of the molecule is N#Cc1cc(C(=O)NC(=S)Nc2ccc(Cl)cn2)ccc1N1CCOCC1. The summed E-state index contributed by atoms with van der Waals surface area (Å²) in [5.74, 6) is 0.0524. The molecule has 0 atom stereocenters. The zero-order valence-corrected chi connectivity index (χ0v) is 15.8. The quantitative estimate of drug-likeness (QED) is 0.764. The van der Waals surface area contributed by atoms with Crippen molar-refractivity contribution in [3.63, 3.8) is 0 Å². The number of morpholine rings is 1. The lowest BCUT2D eigenvalue weighted by atomic mass is 10.1. The Morgan fingerprint density at radius 3 is 2.74 bits per heavy atom. The van der Waals surface area contributed by atoms with E-state index in [0.29, 0.717) is 48.3 Å². The molecule has 1 aromatic heterocycles. The van der Waals surface area contributed by atoms with Crippen molar-refractivity contribution in [2.45, 2.75) is 0 Å². The van der Waals surface area contributed by atoms with Crippen LogP contribution in [0.3, 0.4) is 0 Å². The predicted octanol–water partition coefficient (Wildman–Crippen LogP) is 2.57. The van der Waals surface area contributed by atoms with Gasteiger partial charge in [0, 0.05) is 24.8 Å². The summed E-state index contributed by atoms with van der Waals surface area (Å²) in [5.41, 5.74) is 1.57. The summed E-state index contributed by atoms with van der Waals surface area (Å²) >= 11 is 10.9. The van der Waals surface area contributed by atoms with Gasteiger partial charge in [-0.25, -0.2) is 4.98 Å². The Kier molecular flexibility index (Phi) is 6.19. The van der Waals surface area contributed by atoms with E-state index in [2.05, 4.69) is 26.6 Å². The number of thiocarbonyl (C=S) groups is 1. The molecule has 2 aromatic rings. The van der Waals surface area contributed by atoms with Crippen molar-refractivity contribution in [1.29, 1.82) is 5.26 Å². The average molecular weight is 402 g/mol. The first-order chi connectivity index (χ1) is 13.1. The number of carbonyl (C=O) groups excluding carboxylic acids is 1. The maximum atomic E-state index is 12.4. The fraction of sp³-hybridized carbons (Fsp3) is 0.222. The lowest BCUT2D eigenvalue weighted by molar-refractivity contribution is 0.0977. The first-order valence-corrected chi connectivity index (χ1v) is 8.96. The molecule has 0 unspecified atom stereocenters. The minimum Gasteiger partial charge on any atom is -0.378 e. The Morgan fingerprint density at radius 2 is 2.07 bits per heavy atom. The number of nitrogens with zero attached hydrogens (tertiary/aromatic N) is 3. The Hall–Kier alpha value is -2.73. The van der Waals surface area contributed by atoms with E-state index in [0.717, 1.165) is 5.69 Å². The molecular formula is C18H16ClN5O2S. The van der Waals surface area contributed by atoms with Crippen LogP contribution >= 0.6 is 23.8 Å². The molecule has 0 spiro atoms. The zero-order chi connectivity index (χ0) is 19.2. The van der Waals surface area contributed by atoms with E-state index in [1.807, 2.05) is 0 Å². The molecule has 1 aliphatic rings. The number of nitriles is 1. The minimum atomic E-state index is -0.411. The first-order valence-electron chi connectivity index (χ1n) is 8.17. The van der Waals surface area contributed by atoms with Crippen LogP contribution in [0.5, 0.6) is 0 Å². The molecule has 2 N–H and O–H groups in total. The van der Waals surface area contributed by atoms with Gasteiger partial charge in [-0.3, -0.25) is 10.1 Å². The molecule has 0 radical (unpaired) electrons. The number of nitrogens with one attached hydrogen (secondary N) is 2. The smallest absolute Gasteiger partial charge is 0.257 e.